The lowest BCUT2D eigenvalue weighted by atomic mass is 9.87. The molecule has 0 N–H and O–H groups in total. The molecule has 2 heterocycles. The summed E-state index contributed by atoms with van der Waals surface area (Å²) in [5.74, 6) is 1.15. The summed E-state index contributed by atoms with van der Waals surface area (Å²) in [4.78, 5) is 29.7. The third kappa shape index (κ3) is 4.12. The van der Waals surface area contributed by atoms with Gasteiger partial charge in [-0.3, -0.25) is 18.7 Å². The third-order valence-corrected chi connectivity index (χ3v) is 5.19. The molecule has 8 nitrogen and oxygen atoms in total. The van der Waals surface area contributed by atoms with Crippen molar-refractivity contribution in [3.05, 3.63) is 93.1 Å². The van der Waals surface area contributed by atoms with Gasteiger partial charge in [-0.2, -0.15) is 4.98 Å². The van der Waals surface area contributed by atoms with E-state index in [4.69, 9.17) is 9.26 Å². The molecule has 0 bridgehead atoms. The first-order chi connectivity index (χ1) is 15.3. The van der Waals surface area contributed by atoms with E-state index >= 15 is 0 Å². The van der Waals surface area contributed by atoms with Crippen LogP contribution in [0.5, 0.6) is 5.75 Å². The zero-order chi connectivity index (χ0) is 22.9. The monoisotopic (exact) mass is 432 g/mol. The minimum absolute atomic E-state index is 0.00604. The minimum Gasteiger partial charge on any atom is -0.495 e. The second kappa shape index (κ2) is 8.30. The SMILES string of the molecule is COc1ccccc1-n1ccn(Cc2nc(-c3ccc(C(C)(C)C)cc3)no2)c(=O)c1=O. The zero-order valence-corrected chi connectivity index (χ0v) is 18.4. The van der Waals surface area contributed by atoms with E-state index in [-0.39, 0.29) is 17.9 Å². The number of benzene rings is 2. The van der Waals surface area contributed by atoms with Crippen LogP contribution in [0.2, 0.25) is 0 Å². The van der Waals surface area contributed by atoms with Crippen LogP contribution in [0, 0.1) is 0 Å². The van der Waals surface area contributed by atoms with Gasteiger partial charge in [0.05, 0.1) is 12.8 Å². The molecule has 164 valence electrons. The van der Waals surface area contributed by atoms with Crippen LogP contribution >= 0.6 is 0 Å². The van der Waals surface area contributed by atoms with Gasteiger partial charge in [-0.15, -0.1) is 0 Å². The Morgan fingerprint density at radius 3 is 2.38 bits per heavy atom. The van der Waals surface area contributed by atoms with Crippen LogP contribution in [0.3, 0.4) is 0 Å². The normalized spacial score (nSPS) is 11.5. The highest BCUT2D eigenvalue weighted by Gasteiger charge is 2.16. The Labute approximate surface area is 184 Å². The number of hydrogen-bond donors (Lipinski definition) is 0. The van der Waals surface area contributed by atoms with Gasteiger partial charge in [0.1, 0.15) is 12.3 Å². The van der Waals surface area contributed by atoms with Crippen LogP contribution in [0.4, 0.5) is 0 Å². The Morgan fingerprint density at radius 2 is 1.69 bits per heavy atom. The van der Waals surface area contributed by atoms with E-state index in [1.807, 2.05) is 24.3 Å². The fraction of sp³-hybridized carbons (Fsp3) is 0.250. The van der Waals surface area contributed by atoms with E-state index in [0.717, 1.165) is 5.56 Å². The van der Waals surface area contributed by atoms with E-state index in [9.17, 15) is 9.59 Å². The van der Waals surface area contributed by atoms with Gasteiger partial charge in [0.15, 0.2) is 0 Å². The Balaban J connectivity index is 1.60. The highest BCUT2D eigenvalue weighted by molar-refractivity contribution is 5.55. The van der Waals surface area contributed by atoms with E-state index < -0.39 is 11.1 Å². The Kier molecular flexibility index (Phi) is 5.52. The Morgan fingerprint density at radius 1 is 0.969 bits per heavy atom. The van der Waals surface area contributed by atoms with Crippen molar-refractivity contribution in [1.29, 1.82) is 0 Å². The van der Waals surface area contributed by atoms with Crippen molar-refractivity contribution in [1.82, 2.24) is 19.3 Å². The number of methoxy groups -OCH3 is 1. The van der Waals surface area contributed by atoms with E-state index in [0.29, 0.717) is 17.3 Å². The fourth-order valence-electron chi connectivity index (χ4n) is 3.35. The fourth-order valence-corrected chi connectivity index (χ4v) is 3.35. The second-order valence-electron chi connectivity index (χ2n) is 8.42. The van der Waals surface area contributed by atoms with Crippen molar-refractivity contribution in [3.8, 4) is 22.8 Å². The first kappa shape index (κ1) is 21.3. The van der Waals surface area contributed by atoms with Crippen LogP contribution in [0.25, 0.3) is 17.1 Å². The predicted molar refractivity (Wildman–Crippen MR) is 120 cm³/mol. The van der Waals surface area contributed by atoms with Gasteiger partial charge in [0, 0.05) is 18.0 Å². The molecule has 0 radical (unpaired) electrons. The highest BCUT2D eigenvalue weighted by Crippen LogP contribution is 2.25. The van der Waals surface area contributed by atoms with Gasteiger partial charge >= 0.3 is 11.1 Å². The van der Waals surface area contributed by atoms with E-state index in [1.54, 1.807) is 24.3 Å². The molecule has 32 heavy (non-hydrogen) atoms. The number of rotatable bonds is 5. The van der Waals surface area contributed by atoms with Gasteiger partial charge in [-0.25, -0.2) is 0 Å². The maximum Gasteiger partial charge on any atom is 0.321 e. The summed E-state index contributed by atoms with van der Waals surface area (Å²) in [5, 5.41) is 4.01. The Hall–Kier alpha value is -3.94. The first-order valence-corrected chi connectivity index (χ1v) is 10.2. The molecule has 0 aliphatic carbocycles. The summed E-state index contributed by atoms with van der Waals surface area (Å²) in [6, 6.07) is 14.9. The van der Waals surface area contributed by atoms with Crippen LogP contribution in [-0.4, -0.2) is 26.4 Å². The van der Waals surface area contributed by atoms with E-state index in [2.05, 4.69) is 30.9 Å². The number of ether oxygens (including phenoxy) is 1. The van der Waals surface area contributed by atoms with Crippen LogP contribution in [0.1, 0.15) is 32.2 Å². The average Bonchev–Trinajstić information content (AvgIpc) is 3.25. The first-order valence-electron chi connectivity index (χ1n) is 10.2. The van der Waals surface area contributed by atoms with Crippen LogP contribution < -0.4 is 15.9 Å². The summed E-state index contributed by atoms with van der Waals surface area (Å²) in [6.07, 6.45) is 3.03. The van der Waals surface area contributed by atoms with Gasteiger partial charge in [-0.1, -0.05) is 62.3 Å². The highest BCUT2D eigenvalue weighted by atomic mass is 16.5. The van der Waals surface area contributed by atoms with Gasteiger partial charge < -0.3 is 9.26 Å². The molecular formula is C24H24N4O4. The molecule has 0 amide bonds. The molecule has 4 rings (SSSR count). The smallest absolute Gasteiger partial charge is 0.321 e. The molecule has 0 saturated carbocycles. The summed E-state index contributed by atoms with van der Waals surface area (Å²) in [5.41, 5.74) is 1.15. The largest absolute Gasteiger partial charge is 0.495 e. The van der Waals surface area contributed by atoms with Gasteiger partial charge in [-0.05, 0) is 23.1 Å². The molecular weight excluding hydrogens is 408 g/mol. The summed E-state index contributed by atoms with van der Waals surface area (Å²) in [6.45, 7) is 6.43. The molecule has 2 aromatic heterocycles. The number of nitrogens with zero attached hydrogens (tertiary/aromatic N) is 4. The van der Waals surface area contributed by atoms with Crippen LogP contribution in [0.15, 0.2) is 75.0 Å². The lowest BCUT2D eigenvalue weighted by molar-refractivity contribution is 0.369. The zero-order valence-electron chi connectivity index (χ0n) is 18.4. The van der Waals surface area contributed by atoms with Crippen molar-refractivity contribution in [3.63, 3.8) is 0 Å². The maximum atomic E-state index is 12.7. The summed E-state index contributed by atoms with van der Waals surface area (Å²) >= 11 is 0. The Bertz CT molecular complexity index is 1360. The van der Waals surface area contributed by atoms with Crippen molar-refractivity contribution in [2.24, 2.45) is 0 Å². The standard InChI is InChI=1S/C24H24N4O4/c1-24(2,3)17-11-9-16(10-12-17)21-25-20(32-26-21)15-27-13-14-28(23(30)22(27)29)18-7-5-6-8-19(18)31-4/h5-14H,15H2,1-4H3. The third-order valence-electron chi connectivity index (χ3n) is 5.19. The molecule has 0 atom stereocenters. The molecule has 0 unspecified atom stereocenters. The van der Waals surface area contributed by atoms with Crippen molar-refractivity contribution in [2.45, 2.75) is 32.7 Å². The lowest BCUT2D eigenvalue weighted by Gasteiger charge is -2.18. The predicted octanol–water partition coefficient (Wildman–Crippen LogP) is 3.40. The summed E-state index contributed by atoms with van der Waals surface area (Å²) in [7, 11) is 1.51. The molecule has 0 aliphatic rings. The molecule has 0 spiro atoms. The van der Waals surface area contributed by atoms with E-state index in [1.165, 1.54) is 34.2 Å². The molecule has 0 saturated heterocycles. The molecule has 8 heteroatoms. The number of para-hydroxylation sites is 2. The molecule has 0 aliphatic heterocycles. The van der Waals surface area contributed by atoms with Gasteiger partial charge in [0.25, 0.3) is 0 Å². The van der Waals surface area contributed by atoms with Crippen LogP contribution in [-0.2, 0) is 12.0 Å². The topological polar surface area (TPSA) is 92.2 Å². The lowest BCUT2D eigenvalue weighted by Crippen LogP contribution is -2.40. The summed E-state index contributed by atoms with van der Waals surface area (Å²) < 4.78 is 13.1. The molecule has 0 fully saturated rings. The molecule has 2 aromatic carbocycles. The average molecular weight is 432 g/mol. The molecule has 4 aromatic rings. The van der Waals surface area contributed by atoms with Crippen molar-refractivity contribution >= 4 is 0 Å². The van der Waals surface area contributed by atoms with Crippen molar-refractivity contribution < 1.29 is 9.26 Å². The quantitative estimate of drug-likeness (QED) is 0.449. The number of aromatic nitrogens is 4. The minimum atomic E-state index is -0.701. The van der Waals surface area contributed by atoms with Gasteiger partial charge in [0.2, 0.25) is 11.7 Å². The number of hydrogen-bond acceptors (Lipinski definition) is 6. The second-order valence-corrected chi connectivity index (χ2v) is 8.42. The van der Waals surface area contributed by atoms with Crippen molar-refractivity contribution in [2.75, 3.05) is 7.11 Å². The maximum absolute atomic E-state index is 12.7.